The van der Waals surface area contributed by atoms with Gasteiger partial charge >= 0.3 is 0 Å². The van der Waals surface area contributed by atoms with E-state index in [1.165, 1.54) is 11.5 Å². The molecule has 0 bridgehead atoms. The highest BCUT2D eigenvalue weighted by atomic mass is 32.1. The van der Waals surface area contributed by atoms with Crippen molar-refractivity contribution in [3.05, 3.63) is 52.3 Å². The first-order valence-corrected chi connectivity index (χ1v) is 9.91. The summed E-state index contributed by atoms with van der Waals surface area (Å²) in [6.45, 7) is 2.37. The average Bonchev–Trinajstić information content (AvgIpc) is 3.02. The van der Waals surface area contributed by atoms with Crippen LogP contribution in [0.25, 0.3) is 10.1 Å². The molecule has 3 rings (SSSR count). The van der Waals surface area contributed by atoms with E-state index in [1.807, 2.05) is 24.3 Å². The normalized spacial score (nSPS) is 11.2. The Hall–Kier alpha value is -2.51. The molecule has 0 atom stereocenters. The number of hydrogen-bond donors (Lipinski definition) is 0. The zero-order valence-corrected chi connectivity index (χ0v) is 17.5. The van der Waals surface area contributed by atoms with Crippen LogP contribution in [0.1, 0.15) is 12.0 Å². The number of methoxy groups -OCH3 is 3. The molecule has 28 heavy (non-hydrogen) atoms. The molecule has 2 aromatic carbocycles. The number of benzene rings is 2. The Morgan fingerprint density at radius 2 is 1.68 bits per heavy atom. The SMILES string of the molecule is COc1ccccc1CN(C)CCCn1sc2cc(OC)c(OC)cc2c1=O. The van der Waals surface area contributed by atoms with Gasteiger partial charge in [-0.25, -0.2) is 0 Å². The van der Waals surface area contributed by atoms with Crippen molar-refractivity contribution in [2.24, 2.45) is 0 Å². The maximum Gasteiger partial charge on any atom is 0.268 e. The molecule has 1 heterocycles. The summed E-state index contributed by atoms with van der Waals surface area (Å²) < 4.78 is 18.8. The van der Waals surface area contributed by atoms with Crippen LogP contribution >= 0.6 is 11.5 Å². The van der Waals surface area contributed by atoms with Crippen LogP contribution in [0.2, 0.25) is 0 Å². The van der Waals surface area contributed by atoms with Crippen molar-refractivity contribution in [2.45, 2.75) is 19.5 Å². The van der Waals surface area contributed by atoms with Crippen molar-refractivity contribution in [2.75, 3.05) is 34.9 Å². The summed E-state index contributed by atoms with van der Waals surface area (Å²) in [5.41, 5.74) is 1.18. The molecule has 0 amide bonds. The van der Waals surface area contributed by atoms with Crippen molar-refractivity contribution in [1.82, 2.24) is 8.86 Å². The van der Waals surface area contributed by atoms with Gasteiger partial charge in [-0.15, -0.1) is 0 Å². The lowest BCUT2D eigenvalue weighted by atomic mass is 10.2. The third-order valence-corrected chi connectivity index (χ3v) is 5.79. The van der Waals surface area contributed by atoms with Gasteiger partial charge < -0.3 is 19.1 Å². The zero-order chi connectivity index (χ0) is 20.1. The van der Waals surface area contributed by atoms with E-state index in [1.54, 1.807) is 31.4 Å². The lowest BCUT2D eigenvalue weighted by Gasteiger charge is -2.18. The van der Waals surface area contributed by atoms with E-state index >= 15 is 0 Å². The summed E-state index contributed by atoms with van der Waals surface area (Å²) in [6, 6.07) is 11.7. The topological polar surface area (TPSA) is 52.9 Å². The molecule has 0 saturated heterocycles. The van der Waals surface area contributed by atoms with Crippen molar-refractivity contribution in [3.8, 4) is 17.2 Å². The molecule has 0 aliphatic heterocycles. The first-order chi connectivity index (χ1) is 13.6. The first-order valence-electron chi connectivity index (χ1n) is 9.13. The van der Waals surface area contributed by atoms with Crippen molar-refractivity contribution >= 4 is 21.6 Å². The summed E-state index contributed by atoms with van der Waals surface area (Å²) in [5.74, 6) is 2.12. The number of nitrogens with zero attached hydrogens (tertiary/aromatic N) is 2. The van der Waals surface area contributed by atoms with Gasteiger partial charge in [0.2, 0.25) is 0 Å². The minimum atomic E-state index is 0.0216. The molecule has 0 unspecified atom stereocenters. The van der Waals surface area contributed by atoms with Crippen LogP contribution in [0, 0.1) is 0 Å². The summed E-state index contributed by atoms with van der Waals surface area (Å²) >= 11 is 1.46. The van der Waals surface area contributed by atoms with E-state index in [2.05, 4.69) is 18.0 Å². The van der Waals surface area contributed by atoms with Gasteiger partial charge in [0.05, 0.1) is 31.4 Å². The Kier molecular flexibility index (Phi) is 6.59. The molecule has 0 saturated carbocycles. The van der Waals surface area contributed by atoms with Gasteiger partial charge in [-0.1, -0.05) is 29.7 Å². The van der Waals surface area contributed by atoms with E-state index in [-0.39, 0.29) is 5.56 Å². The molecule has 0 spiro atoms. The second-order valence-corrected chi connectivity index (χ2v) is 7.67. The van der Waals surface area contributed by atoms with Gasteiger partial charge in [0.15, 0.2) is 11.5 Å². The third-order valence-electron chi connectivity index (χ3n) is 4.69. The van der Waals surface area contributed by atoms with Crippen LogP contribution in [0.15, 0.2) is 41.2 Å². The van der Waals surface area contributed by atoms with E-state index < -0.39 is 0 Å². The van der Waals surface area contributed by atoms with Crippen LogP contribution in [-0.2, 0) is 13.1 Å². The van der Waals surface area contributed by atoms with Crippen LogP contribution in [-0.4, -0.2) is 43.8 Å². The highest BCUT2D eigenvalue weighted by Crippen LogP contribution is 2.32. The number of fused-ring (bicyclic) bond motifs is 1. The molecule has 6 nitrogen and oxygen atoms in total. The Morgan fingerprint density at radius 3 is 2.39 bits per heavy atom. The maximum atomic E-state index is 12.7. The Bertz CT molecular complexity index is 996. The fourth-order valence-electron chi connectivity index (χ4n) is 3.23. The summed E-state index contributed by atoms with van der Waals surface area (Å²) in [6.07, 6.45) is 0.882. The molecular formula is C21H26N2O4S. The maximum absolute atomic E-state index is 12.7. The Balaban J connectivity index is 1.65. The largest absolute Gasteiger partial charge is 0.496 e. The van der Waals surface area contributed by atoms with Gasteiger partial charge in [-0.2, -0.15) is 0 Å². The highest BCUT2D eigenvalue weighted by molar-refractivity contribution is 7.13. The monoisotopic (exact) mass is 402 g/mol. The molecule has 0 radical (unpaired) electrons. The van der Waals surface area contributed by atoms with Crippen molar-refractivity contribution in [3.63, 3.8) is 0 Å². The number of hydrogen-bond acceptors (Lipinski definition) is 6. The molecule has 0 aliphatic rings. The number of ether oxygens (including phenoxy) is 3. The van der Waals surface area contributed by atoms with Gasteiger partial charge in [0, 0.05) is 24.7 Å². The van der Waals surface area contributed by atoms with Gasteiger partial charge in [-0.3, -0.25) is 8.75 Å². The number of para-hydroxylation sites is 1. The predicted octanol–water partition coefficient (Wildman–Crippen LogP) is 3.61. The summed E-state index contributed by atoms with van der Waals surface area (Å²) in [5, 5.41) is 0.671. The zero-order valence-electron chi connectivity index (χ0n) is 16.7. The van der Waals surface area contributed by atoms with Crippen LogP contribution in [0.4, 0.5) is 0 Å². The molecule has 0 aliphatic carbocycles. The van der Waals surface area contributed by atoms with Crippen LogP contribution < -0.4 is 19.8 Å². The quantitative estimate of drug-likeness (QED) is 0.547. The molecule has 3 aromatic rings. The smallest absolute Gasteiger partial charge is 0.268 e. The fraction of sp³-hybridized carbons (Fsp3) is 0.381. The average molecular weight is 403 g/mol. The third kappa shape index (κ3) is 4.31. The lowest BCUT2D eigenvalue weighted by molar-refractivity contribution is 0.307. The summed E-state index contributed by atoms with van der Waals surface area (Å²) in [4.78, 5) is 14.9. The molecular weight excluding hydrogens is 376 g/mol. The lowest BCUT2D eigenvalue weighted by Crippen LogP contribution is -2.22. The molecule has 7 heteroatoms. The second kappa shape index (κ2) is 9.12. The second-order valence-electron chi connectivity index (χ2n) is 6.61. The minimum Gasteiger partial charge on any atom is -0.496 e. The molecule has 0 N–H and O–H groups in total. The van der Waals surface area contributed by atoms with Crippen LogP contribution in [0.5, 0.6) is 17.2 Å². The standard InChI is InChI=1S/C21H26N2O4S/c1-22(14-15-8-5-6-9-17(15)25-2)10-7-11-23-21(24)16-12-18(26-3)19(27-4)13-20(16)28-23/h5-6,8-9,12-13H,7,10-11,14H2,1-4H3. The Labute approximate surface area is 169 Å². The van der Waals surface area contributed by atoms with Gasteiger partial charge in [0.1, 0.15) is 5.75 Å². The highest BCUT2D eigenvalue weighted by Gasteiger charge is 2.13. The van der Waals surface area contributed by atoms with Crippen molar-refractivity contribution in [1.29, 1.82) is 0 Å². The van der Waals surface area contributed by atoms with E-state index in [0.29, 0.717) is 23.4 Å². The van der Waals surface area contributed by atoms with E-state index in [4.69, 9.17) is 14.2 Å². The van der Waals surface area contributed by atoms with E-state index in [0.717, 1.165) is 35.5 Å². The van der Waals surface area contributed by atoms with Crippen molar-refractivity contribution < 1.29 is 14.2 Å². The molecule has 1 aromatic heterocycles. The summed E-state index contributed by atoms with van der Waals surface area (Å²) in [7, 11) is 6.94. The van der Waals surface area contributed by atoms with Gasteiger partial charge in [-0.05, 0) is 32.1 Å². The molecule has 0 fully saturated rings. The number of aryl methyl sites for hydroxylation is 1. The van der Waals surface area contributed by atoms with Crippen LogP contribution in [0.3, 0.4) is 0 Å². The predicted molar refractivity (Wildman–Crippen MR) is 113 cm³/mol. The number of aromatic nitrogens is 1. The van der Waals surface area contributed by atoms with E-state index in [9.17, 15) is 4.79 Å². The van der Waals surface area contributed by atoms with Gasteiger partial charge in [0.25, 0.3) is 5.56 Å². The first kappa shape index (κ1) is 20.2. The number of rotatable bonds is 9. The fourth-order valence-corrected chi connectivity index (χ4v) is 4.28. The molecule has 150 valence electrons. The minimum absolute atomic E-state index is 0.0216. The Morgan fingerprint density at radius 1 is 1.00 bits per heavy atom.